The molecular weight excluding hydrogens is 354 g/mol. The molecule has 1 aliphatic heterocycles. The van der Waals surface area contributed by atoms with Gasteiger partial charge in [0.2, 0.25) is 0 Å². The zero-order valence-electron chi connectivity index (χ0n) is 14.2. The van der Waals surface area contributed by atoms with Gasteiger partial charge in [-0.3, -0.25) is 0 Å². The highest BCUT2D eigenvalue weighted by Crippen LogP contribution is 2.33. The Labute approximate surface area is 158 Å². The van der Waals surface area contributed by atoms with E-state index in [1.165, 1.54) is 4.90 Å². The summed E-state index contributed by atoms with van der Waals surface area (Å²) in [5, 5.41) is 21.0. The maximum absolute atomic E-state index is 10.9. The first-order valence-corrected chi connectivity index (χ1v) is 10.0. The van der Waals surface area contributed by atoms with Crippen molar-refractivity contribution in [1.82, 2.24) is 4.90 Å². The van der Waals surface area contributed by atoms with E-state index in [1.807, 2.05) is 36.0 Å². The van der Waals surface area contributed by atoms with E-state index in [1.54, 1.807) is 12.1 Å². The highest BCUT2D eigenvalue weighted by Gasteiger charge is 2.33. The standard InChI is InChI=1S/C20H24ClNO2S/c21-17-4-8-19(9-5-17)25-15-1-12-22-13-10-20(24,11-14-22)16-2-6-18(23)7-3-16/h2-9,23-24H,1,10-15H2. The molecule has 5 heteroatoms. The van der Waals surface area contributed by atoms with Crippen molar-refractivity contribution in [3.63, 3.8) is 0 Å². The van der Waals surface area contributed by atoms with Crippen LogP contribution in [0.1, 0.15) is 24.8 Å². The Bertz CT molecular complexity index is 667. The summed E-state index contributed by atoms with van der Waals surface area (Å²) in [6, 6.07) is 14.9. The fraction of sp³-hybridized carbons (Fsp3) is 0.400. The van der Waals surface area contributed by atoms with Crippen molar-refractivity contribution in [3.05, 3.63) is 59.1 Å². The number of benzene rings is 2. The first-order valence-electron chi connectivity index (χ1n) is 8.68. The Morgan fingerprint density at radius 2 is 1.64 bits per heavy atom. The van der Waals surface area contributed by atoms with Gasteiger partial charge in [0, 0.05) is 23.0 Å². The molecule has 1 fully saturated rings. The summed E-state index contributed by atoms with van der Waals surface area (Å²) >= 11 is 7.76. The Hall–Kier alpha value is -1.20. The fourth-order valence-electron chi connectivity index (χ4n) is 3.22. The van der Waals surface area contributed by atoms with E-state index >= 15 is 0 Å². The smallest absolute Gasteiger partial charge is 0.115 e. The number of rotatable bonds is 6. The number of phenolic OH excluding ortho intramolecular Hbond substituents is 1. The number of likely N-dealkylation sites (tertiary alicyclic amines) is 1. The van der Waals surface area contributed by atoms with Crippen LogP contribution >= 0.6 is 23.4 Å². The van der Waals surface area contributed by atoms with Crippen LogP contribution in [-0.2, 0) is 5.60 Å². The Balaban J connectivity index is 1.40. The van der Waals surface area contributed by atoms with Crippen molar-refractivity contribution in [1.29, 1.82) is 0 Å². The van der Waals surface area contributed by atoms with Crippen molar-refractivity contribution in [3.8, 4) is 5.75 Å². The summed E-state index contributed by atoms with van der Waals surface area (Å²) in [6.07, 6.45) is 2.61. The van der Waals surface area contributed by atoms with Gasteiger partial charge in [-0.2, -0.15) is 0 Å². The highest BCUT2D eigenvalue weighted by molar-refractivity contribution is 7.99. The molecule has 0 atom stereocenters. The molecule has 1 heterocycles. The van der Waals surface area contributed by atoms with Crippen molar-refractivity contribution < 1.29 is 10.2 Å². The molecule has 0 amide bonds. The zero-order chi connectivity index (χ0) is 17.7. The van der Waals surface area contributed by atoms with Gasteiger partial charge in [0.15, 0.2) is 0 Å². The van der Waals surface area contributed by atoms with Gasteiger partial charge < -0.3 is 15.1 Å². The van der Waals surface area contributed by atoms with Gasteiger partial charge in [-0.15, -0.1) is 11.8 Å². The molecule has 1 saturated heterocycles. The van der Waals surface area contributed by atoms with Crippen LogP contribution in [-0.4, -0.2) is 40.5 Å². The monoisotopic (exact) mass is 377 g/mol. The second-order valence-electron chi connectivity index (χ2n) is 6.58. The number of phenols is 1. The van der Waals surface area contributed by atoms with Crippen molar-refractivity contribution in [2.45, 2.75) is 29.8 Å². The molecule has 0 unspecified atom stereocenters. The normalized spacial score (nSPS) is 17.5. The lowest BCUT2D eigenvalue weighted by atomic mass is 9.84. The summed E-state index contributed by atoms with van der Waals surface area (Å²) in [6.45, 7) is 2.87. The third-order valence-corrected chi connectivity index (χ3v) is 6.14. The maximum atomic E-state index is 10.9. The average molecular weight is 378 g/mol. The molecule has 3 rings (SSSR count). The third kappa shape index (κ3) is 5.14. The van der Waals surface area contributed by atoms with Gasteiger partial charge >= 0.3 is 0 Å². The molecule has 0 radical (unpaired) electrons. The maximum Gasteiger partial charge on any atom is 0.115 e. The Morgan fingerprint density at radius 1 is 1.00 bits per heavy atom. The fourth-order valence-corrected chi connectivity index (χ4v) is 4.18. The van der Waals surface area contributed by atoms with Gasteiger partial charge in [-0.05, 0) is 73.5 Å². The van der Waals surface area contributed by atoms with Crippen molar-refractivity contribution >= 4 is 23.4 Å². The molecule has 0 aromatic heterocycles. The predicted octanol–water partition coefficient (Wildman–Crippen LogP) is 4.51. The molecule has 0 spiro atoms. The van der Waals surface area contributed by atoms with E-state index < -0.39 is 5.60 Å². The van der Waals surface area contributed by atoms with E-state index in [0.717, 1.165) is 55.2 Å². The number of aromatic hydroxyl groups is 1. The molecule has 3 nitrogen and oxygen atoms in total. The van der Waals surface area contributed by atoms with Gasteiger partial charge in [-0.25, -0.2) is 0 Å². The molecule has 1 aliphatic rings. The lowest BCUT2D eigenvalue weighted by Gasteiger charge is -2.38. The third-order valence-electron chi connectivity index (χ3n) is 4.79. The zero-order valence-corrected chi connectivity index (χ0v) is 15.8. The number of piperidine rings is 1. The van der Waals surface area contributed by atoms with Gasteiger partial charge in [0.25, 0.3) is 0 Å². The summed E-state index contributed by atoms with van der Waals surface area (Å²) in [7, 11) is 0. The molecule has 2 aromatic rings. The van der Waals surface area contributed by atoms with Crippen molar-refractivity contribution in [2.24, 2.45) is 0 Å². The number of nitrogens with zero attached hydrogens (tertiary/aromatic N) is 1. The van der Waals surface area contributed by atoms with Gasteiger partial charge in [-0.1, -0.05) is 23.7 Å². The van der Waals surface area contributed by atoms with Crippen LogP contribution < -0.4 is 0 Å². The Kier molecular flexibility index (Phi) is 6.29. The number of aliphatic hydroxyl groups is 1. The summed E-state index contributed by atoms with van der Waals surface area (Å²) in [4.78, 5) is 3.68. The second kappa shape index (κ2) is 8.45. The molecule has 134 valence electrons. The molecular formula is C20H24ClNO2S. The summed E-state index contributed by atoms with van der Waals surface area (Å²) in [5.41, 5.74) is 0.144. The Morgan fingerprint density at radius 3 is 2.28 bits per heavy atom. The van der Waals surface area contributed by atoms with Crippen LogP contribution in [0.4, 0.5) is 0 Å². The minimum atomic E-state index is -0.762. The van der Waals surface area contributed by atoms with E-state index in [0.29, 0.717) is 0 Å². The van der Waals surface area contributed by atoms with Gasteiger partial charge in [0.1, 0.15) is 5.75 Å². The van der Waals surface area contributed by atoms with Crippen LogP contribution in [0.25, 0.3) is 0 Å². The van der Waals surface area contributed by atoms with Crippen LogP contribution in [0, 0.1) is 0 Å². The quantitative estimate of drug-likeness (QED) is 0.574. The molecule has 2 N–H and O–H groups in total. The van der Waals surface area contributed by atoms with Crippen molar-refractivity contribution in [2.75, 3.05) is 25.4 Å². The number of thioether (sulfide) groups is 1. The van der Waals surface area contributed by atoms with Gasteiger partial charge in [0.05, 0.1) is 5.60 Å². The lowest BCUT2D eigenvalue weighted by Crippen LogP contribution is -2.42. The van der Waals surface area contributed by atoms with E-state index in [4.69, 9.17) is 11.6 Å². The topological polar surface area (TPSA) is 43.7 Å². The van der Waals surface area contributed by atoms with Crippen LogP contribution in [0.15, 0.2) is 53.4 Å². The largest absolute Gasteiger partial charge is 0.508 e. The molecule has 2 aromatic carbocycles. The number of halogens is 1. The van der Waals surface area contributed by atoms with Crippen LogP contribution in [0.5, 0.6) is 5.75 Å². The first kappa shape index (κ1) is 18.6. The van der Waals surface area contributed by atoms with Crippen LogP contribution in [0.2, 0.25) is 5.02 Å². The summed E-state index contributed by atoms with van der Waals surface area (Å²) in [5.74, 6) is 1.32. The highest BCUT2D eigenvalue weighted by atomic mass is 35.5. The lowest BCUT2D eigenvalue weighted by molar-refractivity contribution is -0.0257. The minimum absolute atomic E-state index is 0.239. The predicted molar refractivity (Wildman–Crippen MR) is 104 cm³/mol. The van der Waals surface area contributed by atoms with Crippen LogP contribution in [0.3, 0.4) is 0 Å². The SMILES string of the molecule is Oc1ccc(C2(O)CCN(CCCSc3ccc(Cl)cc3)CC2)cc1. The summed E-state index contributed by atoms with van der Waals surface area (Å²) < 4.78 is 0. The van der Waals surface area contributed by atoms with E-state index in [2.05, 4.69) is 17.0 Å². The first-order chi connectivity index (χ1) is 12.0. The molecule has 0 saturated carbocycles. The minimum Gasteiger partial charge on any atom is -0.508 e. The molecule has 0 bridgehead atoms. The molecule has 25 heavy (non-hydrogen) atoms. The number of hydrogen-bond donors (Lipinski definition) is 2. The van der Waals surface area contributed by atoms with E-state index in [-0.39, 0.29) is 5.75 Å². The molecule has 0 aliphatic carbocycles. The number of hydrogen-bond acceptors (Lipinski definition) is 4. The van der Waals surface area contributed by atoms with E-state index in [9.17, 15) is 10.2 Å². The average Bonchev–Trinajstić information content (AvgIpc) is 2.62. The second-order valence-corrected chi connectivity index (χ2v) is 8.18.